The molecule has 1 aromatic heterocycles. The first kappa shape index (κ1) is 14.8. The SMILES string of the molecule is CC(C)Nc1nc(NCCc2ccccc2)cc(C2CC2)n1. The van der Waals surface area contributed by atoms with E-state index in [1.807, 2.05) is 6.07 Å². The molecule has 22 heavy (non-hydrogen) atoms. The molecule has 0 amide bonds. The van der Waals surface area contributed by atoms with Crippen molar-refractivity contribution < 1.29 is 0 Å². The smallest absolute Gasteiger partial charge is 0.225 e. The normalized spacial score (nSPS) is 14.1. The highest BCUT2D eigenvalue weighted by Gasteiger charge is 2.26. The number of anilines is 2. The van der Waals surface area contributed by atoms with Crippen LogP contribution >= 0.6 is 0 Å². The van der Waals surface area contributed by atoms with Crippen molar-refractivity contribution in [1.29, 1.82) is 0 Å². The first-order chi connectivity index (χ1) is 10.7. The minimum Gasteiger partial charge on any atom is -0.370 e. The monoisotopic (exact) mass is 296 g/mol. The Kier molecular flexibility index (Phi) is 4.56. The van der Waals surface area contributed by atoms with Gasteiger partial charge in [-0.1, -0.05) is 30.3 Å². The third-order valence-electron chi connectivity index (χ3n) is 3.72. The second-order valence-corrected chi connectivity index (χ2v) is 6.24. The van der Waals surface area contributed by atoms with Crippen molar-refractivity contribution in [2.75, 3.05) is 17.2 Å². The fourth-order valence-corrected chi connectivity index (χ4v) is 2.45. The molecular weight excluding hydrogens is 272 g/mol. The van der Waals surface area contributed by atoms with Gasteiger partial charge in [-0.05, 0) is 38.7 Å². The number of nitrogens with zero attached hydrogens (tertiary/aromatic N) is 2. The summed E-state index contributed by atoms with van der Waals surface area (Å²) < 4.78 is 0. The topological polar surface area (TPSA) is 49.8 Å². The van der Waals surface area contributed by atoms with Gasteiger partial charge in [0.1, 0.15) is 5.82 Å². The lowest BCUT2D eigenvalue weighted by molar-refractivity contribution is 0.861. The molecule has 1 aromatic carbocycles. The molecule has 0 saturated heterocycles. The summed E-state index contributed by atoms with van der Waals surface area (Å²) in [7, 11) is 0. The molecule has 4 nitrogen and oxygen atoms in total. The Morgan fingerprint density at radius 1 is 1.14 bits per heavy atom. The molecule has 0 aliphatic heterocycles. The molecule has 0 unspecified atom stereocenters. The van der Waals surface area contributed by atoms with Gasteiger partial charge in [-0.15, -0.1) is 0 Å². The van der Waals surface area contributed by atoms with Gasteiger partial charge in [0.25, 0.3) is 0 Å². The molecule has 0 spiro atoms. The fourth-order valence-electron chi connectivity index (χ4n) is 2.45. The van der Waals surface area contributed by atoms with E-state index in [4.69, 9.17) is 0 Å². The number of rotatable bonds is 7. The van der Waals surface area contributed by atoms with Crippen LogP contribution < -0.4 is 10.6 Å². The largest absolute Gasteiger partial charge is 0.370 e. The van der Waals surface area contributed by atoms with Crippen molar-refractivity contribution >= 4 is 11.8 Å². The first-order valence-corrected chi connectivity index (χ1v) is 8.14. The van der Waals surface area contributed by atoms with Gasteiger partial charge >= 0.3 is 0 Å². The lowest BCUT2D eigenvalue weighted by atomic mass is 10.1. The first-order valence-electron chi connectivity index (χ1n) is 8.14. The molecule has 1 aliphatic carbocycles. The van der Waals surface area contributed by atoms with Crippen molar-refractivity contribution in [3.63, 3.8) is 0 Å². The lowest BCUT2D eigenvalue weighted by Gasteiger charge is -2.12. The number of nitrogens with one attached hydrogen (secondary N) is 2. The van der Waals surface area contributed by atoms with Crippen LogP contribution in [0.5, 0.6) is 0 Å². The summed E-state index contributed by atoms with van der Waals surface area (Å²) in [4.78, 5) is 9.22. The van der Waals surface area contributed by atoms with Gasteiger partial charge < -0.3 is 10.6 Å². The Morgan fingerprint density at radius 3 is 2.59 bits per heavy atom. The molecule has 1 heterocycles. The zero-order chi connectivity index (χ0) is 15.4. The van der Waals surface area contributed by atoms with Crippen LogP contribution in [0.1, 0.15) is 43.9 Å². The maximum atomic E-state index is 4.64. The van der Waals surface area contributed by atoms with Crippen LogP contribution in [0.4, 0.5) is 11.8 Å². The Morgan fingerprint density at radius 2 is 1.91 bits per heavy atom. The van der Waals surface area contributed by atoms with E-state index in [0.717, 1.165) is 24.7 Å². The molecule has 0 atom stereocenters. The average Bonchev–Trinajstić information content (AvgIpc) is 3.32. The van der Waals surface area contributed by atoms with Crippen LogP contribution in [-0.2, 0) is 6.42 Å². The highest BCUT2D eigenvalue weighted by molar-refractivity contribution is 5.44. The van der Waals surface area contributed by atoms with Crippen molar-refractivity contribution in [3.8, 4) is 0 Å². The summed E-state index contributed by atoms with van der Waals surface area (Å²) in [6.45, 7) is 5.09. The summed E-state index contributed by atoms with van der Waals surface area (Å²) in [6, 6.07) is 13.0. The highest BCUT2D eigenvalue weighted by Crippen LogP contribution is 2.39. The molecule has 2 aromatic rings. The molecule has 1 saturated carbocycles. The van der Waals surface area contributed by atoms with E-state index in [1.165, 1.54) is 24.1 Å². The van der Waals surface area contributed by atoms with E-state index in [0.29, 0.717) is 12.0 Å². The summed E-state index contributed by atoms with van der Waals surface area (Å²) in [5, 5.41) is 6.75. The van der Waals surface area contributed by atoms with E-state index < -0.39 is 0 Å². The maximum absolute atomic E-state index is 4.64. The third kappa shape index (κ3) is 4.20. The standard InChI is InChI=1S/C18H24N4/c1-13(2)20-18-21-16(15-8-9-15)12-17(22-18)19-11-10-14-6-4-3-5-7-14/h3-7,12-13,15H,8-11H2,1-2H3,(H2,19,20,21,22). The predicted molar refractivity (Wildman–Crippen MR) is 91.4 cm³/mol. The molecule has 0 bridgehead atoms. The minimum atomic E-state index is 0.339. The highest BCUT2D eigenvalue weighted by atomic mass is 15.2. The van der Waals surface area contributed by atoms with Crippen LogP contribution in [0, 0.1) is 0 Å². The second-order valence-electron chi connectivity index (χ2n) is 6.24. The van der Waals surface area contributed by atoms with Gasteiger partial charge in [0, 0.05) is 24.6 Å². The van der Waals surface area contributed by atoms with Crippen LogP contribution in [0.25, 0.3) is 0 Å². The van der Waals surface area contributed by atoms with Crippen LogP contribution in [0.15, 0.2) is 36.4 Å². The quantitative estimate of drug-likeness (QED) is 0.815. The number of benzene rings is 1. The zero-order valence-electron chi connectivity index (χ0n) is 13.3. The predicted octanol–water partition coefficient (Wildman–Crippen LogP) is 3.83. The Bertz CT molecular complexity index is 606. The van der Waals surface area contributed by atoms with E-state index in [1.54, 1.807) is 0 Å². The maximum Gasteiger partial charge on any atom is 0.225 e. The van der Waals surface area contributed by atoms with Crippen molar-refractivity contribution in [3.05, 3.63) is 47.7 Å². The van der Waals surface area contributed by atoms with Gasteiger partial charge in [0.15, 0.2) is 0 Å². The van der Waals surface area contributed by atoms with Crippen LogP contribution in [-0.4, -0.2) is 22.6 Å². The summed E-state index contributed by atoms with van der Waals surface area (Å²) >= 11 is 0. The molecule has 2 N–H and O–H groups in total. The third-order valence-corrected chi connectivity index (χ3v) is 3.72. The minimum absolute atomic E-state index is 0.339. The fraction of sp³-hybridized carbons (Fsp3) is 0.444. The van der Waals surface area contributed by atoms with E-state index in [9.17, 15) is 0 Å². The molecule has 116 valence electrons. The molecule has 1 fully saturated rings. The Labute approximate surface area is 132 Å². The van der Waals surface area contributed by atoms with Gasteiger partial charge in [-0.2, -0.15) is 4.98 Å². The summed E-state index contributed by atoms with van der Waals surface area (Å²) in [5.41, 5.74) is 2.51. The van der Waals surface area contributed by atoms with Gasteiger partial charge in [-0.3, -0.25) is 0 Å². The number of hydrogen-bond acceptors (Lipinski definition) is 4. The molecule has 1 aliphatic rings. The van der Waals surface area contributed by atoms with E-state index in [-0.39, 0.29) is 0 Å². The summed E-state index contributed by atoms with van der Waals surface area (Å²) in [5.74, 6) is 2.29. The molecule has 3 rings (SSSR count). The Balaban J connectivity index is 1.65. The Hall–Kier alpha value is -2.10. The van der Waals surface area contributed by atoms with Crippen molar-refractivity contribution in [2.45, 2.75) is 45.1 Å². The van der Waals surface area contributed by atoms with E-state index >= 15 is 0 Å². The second kappa shape index (κ2) is 6.77. The van der Waals surface area contributed by atoms with Crippen LogP contribution in [0.3, 0.4) is 0 Å². The molecule has 0 radical (unpaired) electrons. The lowest BCUT2D eigenvalue weighted by Crippen LogP contribution is -2.15. The number of hydrogen-bond donors (Lipinski definition) is 2. The molecular formula is C18H24N4. The van der Waals surface area contributed by atoms with Crippen LogP contribution in [0.2, 0.25) is 0 Å². The average molecular weight is 296 g/mol. The summed E-state index contributed by atoms with van der Waals surface area (Å²) in [6.07, 6.45) is 3.50. The van der Waals surface area contributed by atoms with Crippen molar-refractivity contribution in [2.24, 2.45) is 0 Å². The van der Waals surface area contributed by atoms with Gasteiger partial charge in [0.2, 0.25) is 5.95 Å². The number of aromatic nitrogens is 2. The van der Waals surface area contributed by atoms with Crippen molar-refractivity contribution in [1.82, 2.24) is 9.97 Å². The molecule has 4 heteroatoms. The van der Waals surface area contributed by atoms with Gasteiger partial charge in [-0.25, -0.2) is 4.98 Å². The van der Waals surface area contributed by atoms with E-state index in [2.05, 4.69) is 64.8 Å². The van der Waals surface area contributed by atoms with Gasteiger partial charge in [0.05, 0.1) is 5.69 Å². The zero-order valence-corrected chi connectivity index (χ0v) is 13.3.